The lowest BCUT2D eigenvalue weighted by Crippen LogP contribution is -2.32. The first kappa shape index (κ1) is 20.0. The first-order chi connectivity index (χ1) is 16.1. The Morgan fingerprint density at radius 2 is 1.85 bits per heavy atom. The molecule has 1 aromatic heterocycles. The van der Waals surface area contributed by atoms with E-state index >= 15 is 0 Å². The number of halogens is 2. The van der Waals surface area contributed by atoms with Crippen LogP contribution in [-0.4, -0.2) is 21.9 Å². The summed E-state index contributed by atoms with van der Waals surface area (Å²) in [5, 5.41) is 7.98. The third-order valence-electron chi connectivity index (χ3n) is 5.99. The van der Waals surface area contributed by atoms with Crippen molar-refractivity contribution in [3.8, 4) is 11.5 Å². The van der Waals surface area contributed by atoms with Crippen molar-refractivity contribution in [1.82, 2.24) is 14.8 Å². The van der Waals surface area contributed by atoms with Crippen molar-refractivity contribution >= 4 is 27.6 Å². The molecule has 6 nitrogen and oxygen atoms in total. The monoisotopic (exact) mass is 504 g/mol. The highest BCUT2D eigenvalue weighted by atomic mass is 79.9. The van der Waals surface area contributed by atoms with Crippen LogP contribution in [0.15, 0.2) is 83.1 Å². The number of aromatic nitrogens is 3. The van der Waals surface area contributed by atoms with Crippen molar-refractivity contribution in [2.24, 2.45) is 0 Å². The summed E-state index contributed by atoms with van der Waals surface area (Å²) in [5.74, 6) is 1.84. The summed E-state index contributed by atoms with van der Waals surface area (Å²) in [6.07, 6.45) is 1.08. The van der Waals surface area contributed by atoms with E-state index in [1.54, 1.807) is 19.2 Å². The number of para-hydroxylation sites is 1. The number of rotatable bonds is 3. The topological polar surface area (TPSA) is 61.2 Å². The molecule has 0 saturated heterocycles. The van der Waals surface area contributed by atoms with Crippen molar-refractivity contribution < 1.29 is 13.9 Å². The molecule has 2 aliphatic heterocycles. The molecule has 0 spiro atoms. The van der Waals surface area contributed by atoms with Crippen LogP contribution in [0.25, 0.3) is 5.70 Å². The summed E-state index contributed by atoms with van der Waals surface area (Å²) in [6, 6.07) is 20.0. The molecule has 0 bridgehead atoms. The van der Waals surface area contributed by atoms with Crippen LogP contribution in [0.2, 0.25) is 0 Å². The molecule has 3 aromatic carbocycles. The molecule has 2 unspecified atom stereocenters. The van der Waals surface area contributed by atoms with Crippen LogP contribution >= 0.6 is 15.9 Å². The first-order valence-electron chi connectivity index (χ1n) is 10.4. The average molecular weight is 505 g/mol. The number of nitrogens with zero attached hydrogens (tertiary/aromatic N) is 3. The minimum atomic E-state index is -0.453. The van der Waals surface area contributed by atoms with E-state index in [-0.39, 0.29) is 11.9 Å². The Labute approximate surface area is 197 Å². The van der Waals surface area contributed by atoms with E-state index in [0.717, 1.165) is 43.9 Å². The van der Waals surface area contributed by atoms with Gasteiger partial charge in [0.05, 0.1) is 17.3 Å². The van der Waals surface area contributed by atoms with Gasteiger partial charge in [-0.25, -0.2) is 9.07 Å². The highest BCUT2D eigenvalue weighted by molar-refractivity contribution is 9.10. The second-order valence-electron chi connectivity index (χ2n) is 7.83. The number of hydrogen-bond donors (Lipinski definition) is 1. The van der Waals surface area contributed by atoms with Crippen LogP contribution in [-0.2, 0) is 0 Å². The maximum atomic E-state index is 13.7. The fourth-order valence-electron chi connectivity index (χ4n) is 4.50. The quantitative estimate of drug-likeness (QED) is 0.385. The third-order valence-corrected chi connectivity index (χ3v) is 6.61. The Morgan fingerprint density at radius 1 is 1.06 bits per heavy atom. The van der Waals surface area contributed by atoms with E-state index in [1.807, 2.05) is 47.1 Å². The molecule has 0 aliphatic carbocycles. The molecule has 0 fully saturated rings. The molecule has 2 atom stereocenters. The van der Waals surface area contributed by atoms with Gasteiger partial charge in [-0.3, -0.25) is 0 Å². The number of ether oxygens (including phenoxy) is 2. The normalized spacial score (nSPS) is 18.5. The molecule has 33 heavy (non-hydrogen) atoms. The zero-order chi connectivity index (χ0) is 22.5. The van der Waals surface area contributed by atoms with E-state index in [2.05, 4.69) is 31.3 Å². The van der Waals surface area contributed by atoms with Crippen molar-refractivity contribution in [3.05, 3.63) is 106 Å². The fraction of sp³-hybridized carbons (Fsp3) is 0.120. The summed E-state index contributed by atoms with van der Waals surface area (Å²) in [6.45, 7) is 0. The lowest BCUT2D eigenvalue weighted by molar-refractivity contribution is 0.223. The molecule has 0 amide bonds. The van der Waals surface area contributed by atoms with Gasteiger partial charge in [0.1, 0.15) is 35.8 Å². The number of anilines is 1. The summed E-state index contributed by atoms with van der Waals surface area (Å²) < 4.78 is 28.4. The maximum absolute atomic E-state index is 13.7. The number of methoxy groups -OCH3 is 1. The van der Waals surface area contributed by atoms with E-state index in [0.29, 0.717) is 5.95 Å². The maximum Gasteiger partial charge on any atom is 0.226 e. The van der Waals surface area contributed by atoms with Gasteiger partial charge in [-0.15, -0.1) is 0 Å². The second kappa shape index (κ2) is 7.74. The summed E-state index contributed by atoms with van der Waals surface area (Å²) >= 11 is 3.61. The molecular weight excluding hydrogens is 487 g/mol. The van der Waals surface area contributed by atoms with E-state index < -0.39 is 6.10 Å². The number of nitrogens with one attached hydrogen (secondary N) is 1. The molecule has 1 N–H and O–H groups in total. The Hall–Kier alpha value is -3.65. The van der Waals surface area contributed by atoms with E-state index in [4.69, 9.17) is 9.47 Å². The molecule has 3 heterocycles. The van der Waals surface area contributed by atoms with Crippen LogP contribution < -0.4 is 14.8 Å². The standard InChI is InChI=1S/C25H18BrFN4O2/c1-32-20-11-8-15(12-18(20)26)23-21-22(30-25-28-13-29-31(23)25)17-4-2-3-5-19(17)33-24(21)14-6-9-16(27)10-7-14/h2-13,23-24H,1H3,(H,28,29,30). The van der Waals surface area contributed by atoms with Crippen molar-refractivity contribution in [3.63, 3.8) is 0 Å². The minimum Gasteiger partial charge on any atom is -0.496 e. The molecule has 8 heteroatoms. The Kier molecular flexibility index (Phi) is 4.69. The Morgan fingerprint density at radius 3 is 2.64 bits per heavy atom. The van der Waals surface area contributed by atoms with Crippen LogP contribution in [0, 0.1) is 5.82 Å². The van der Waals surface area contributed by atoms with E-state index in [1.165, 1.54) is 18.5 Å². The summed E-state index contributed by atoms with van der Waals surface area (Å²) in [4.78, 5) is 4.44. The second-order valence-corrected chi connectivity index (χ2v) is 8.68. The molecular formula is C25H18BrFN4O2. The van der Waals surface area contributed by atoms with Gasteiger partial charge < -0.3 is 14.8 Å². The van der Waals surface area contributed by atoms with Gasteiger partial charge in [0, 0.05) is 11.1 Å². The highest BCUT2D eigenvalue weighted by Gasteiger charge is 2.41. The SMILES string of the molecule is COc1ccc(C2C3=C(Nc4ncnn42)c2ccccc2OC3c2ccc(F)cc2)cc1Br. The lowest BCUT2D eigenvalue weighted by atomic mass is 9.84. The van der Waals surface area contributed by atoms with Crippen molar-refractivity contribution in [1.29, 1.82) is 0 Å². The average Bonchev–Trinajstić information content (AvgIpc) is 3.31. The van der Waals surface area contributed by atoms with Crippen molar-refractivity contribution in [2.45, 2.75) is 12.1 Å². The number of hydrogen-bond acceptors (Lipinski definition) is 5. The van der Waals surface area contributed by atoms with Crippen molar-refractivity contribution in [2.75, 3.05) is 12.4 Å². The largest absolute Gasteiger partial charge is 0.496 e. The van der Waals surface area contributed by atoms with Gasteiger partial charge in [-0.05, 0) is 63.5 Å². The minimum absolute atomic E-state index is 0.292. The number of benzene rings is 3. The molecule has 0 radical (unpaired) electrons. The van der Waals surface area contributed by atoms with Gasteiger partial charge in [-0.2, -0.15) is 10.1 Å². The lowest BCUT2D eigenvalue weighted by Gasteiger charge is -2.39. The van der Waals surface area contributed by atoms with Gasteiger partial charge >= 0.3 is 0 Å². The third kappa shape index (κ3) is 3.21. The van der Waals surface area contributed by atoms with Gasteiger partial charge in [0.25, 0.3) is 0 Å². The Bertz CT molecular complexity index is 1400. The summed E-state index contributed by atoms with van der Waals surface area (Å²) in [7, 11) is 1.64. The van der Waals surface area contributed by atoms with Crippen LogP contribution in [0.3, 0.4) is 0 Å². The fourth-order valence-corrected chi connectivity index (χ4v) is 5.06. The molecule has 4 aromatic rings. The molecule has 164 valence electrons. The molecule has 6 rings (SSSR count). The highest BCUT2D eigenvalue weighted by Crippen LogP contribution is 2.51. The van der Waals surface area contributed by atoms with Crippen LogP contribution in [0.5, 0.6) is 11.5 Å². The molecule has 0 saturated carbocycles. The first-order valence-corrected chi connectivity index (χ1v) is 11.2. The van der Waals surface area contributed by atoms with Crippen LogP contribution in [0.1, 0.15) is 28.8 Å². The van der Waals surface area contributed by atoms with Gasteiger partial charge in [0.2, 0.25) is 5.95 Å². The van der Waals surface area contributed by atoms with Crippen LogP contribution in [0.4, 0.5) is 10.3 Å². The van der Waals surface area contributed by atoms with Gasteiger partial charge in [-0.1, -0.05) is 30.3 Å². The zero-order valence-corrected chi connectivity index (χ0v) is 19.1. The predicted octanol–water partition coefficient (Wildman–Crippen LogP) is 5.75. The van der Waals surface area contributed by atoms with Gasteiger partial charge in [0.15, 0.2) is 0 Å². The zero-order valence-electron chi connectivity index (χ0n) is 17.5. The smallest absolute Gasteiger partial charge is 0.226 e. The molecule has 2 aliphatic rings. The van der Waals surface area contributed by atoms with E-state index in [9.17, 15) is 4.39 Å². The number of fused-ring (bicyclic) bond motifs is 3. The Balaban J connectivity index is 1.61. The summed E-state index contributed by atoms with van der Waals surface area (Å²) in [5.41, 5.74) is 4.66. The predicted molar refractivity (Wildman–Crippen MR) is 126 cm³/mol.